The summed E-state index contributed by atoms with van der Waals surface area (Å²) < 4.78 is 11.1. The molecule has 0 spiro atoms. The Kier molecular flexibility index (Phi) is 5.91. The Labute approximate surface area is 154 Å². The van der Waals surface area contributed by atoms with Gasteiger partial charge in [-0.25, -0.2) is 0 Å². The Morgan fingerprint density at radius 1 is 1.12 bits per heavy atom. The van der Waals surface area contributed by atoms with Crippen LogP contribution in [0.25, 0.3) is 0 Å². The van der Waals surface area contributed by atoms with E-state index in [1.54, 1.807) is 12.1 Å². The number of imide groups is 1. The fourth-order valence-corrected chi connectivity index (χ4v) is 3.32. The van der Waals surface area contributed by atoms with Gasteiger partial charge in [-0.3, -0.25) is 14.5 Å². The molecule has 0 radical (unpaired) electrons. The van der Waals surface area contributed by atoms with Crippen molar-refractivity contribution in [3.05, 3.63) is 35.4 Å². The fourth-order valence-electron chi connectivity index (χ4n) is 3.21. The van der Waals surface area contributed by atoms with Crippen molar-refractivity contribution in [1.29, 1.82) is 0 Å². The van der Waals surface area contributed by atoms with Gasteiger partial charge in [-0.05, 0) is 18.6 Å². The largest absolute Gasteiger partial charge is 0.394 e. The fraction of sp³-hybridized carbons (Fsp3) is 0.529. The quantitative estimate of drug-likeness (QED) is 0.351. The molecule has 2 aliphatic heterocycles. The highest BCUT2D eigenvalue weighted by molar-refractivity contribution is 6.21. The Hall–Kier alpha value is -1.55. The Balaban J connectivity index is 1.91. The topological polar surface area (TPSA) is 117 Å². The number of hydrogen-bond acceptors (Lipinski definition) is 7. The van der Waals surface area contributed by atoms with Crippen LogP contribution in [0.4, 0.5) is 0 Å². The molecule has 2 amide bonds. The first kappa shape index (κ1) is 19.2. The maximum Gasteiger partial charge on any atom is 0.262 e. The molecule has 26 heavy (non-hydrogen) atoms. The predicted molar refractivity (Wildman–Crippen MR) is 89.8 cm³/mol. The molecule has 1 fully saturated rings. The first-order valence-corrected chi connectivity index (χ1v) is 8.81. The van der Waals surface area contributed by atoms with E-state index in [1.807, 2.05) is 0 Å². The average molecular weight is 386 g/mol. The van der Waals surface area contributed by atoms with Gasteiger partial charge in [0.05, 0.1) is 24.3 Å². The second kappa shape index (κ2) is 7.99. The van der Waals surface area contributed by atoms with Crippen LogP contribution in [0.3, 0.4) is 0 Å². The van der Waals surface area contributed by atoms with Crippen LogP contribution in [0.5, 0.6) is 0 Å². The number of hydrogen-bond donors (Lipinski definition) is 3. The highest BCUT2D eigenvalue weighted by Crippen LogP contribution is 2.32. The summed E-state index contributed by atoms with van der Waals surface area (Å²) in [6.45, 7) is -0.392. The van der Waals surface area contributed by atoms with E-state index in [-0.39, 0.29) is 17.7 Å². The maximum absolute atomic E-state index is 12.7. The van der Waals surface area contributed by atoms with Crippen molar-refractivity contribution in [2.45, 2.75) is 37.1 Å². The van der Waals surface area contributed by atoms with Crippen molar-refractivity contribution in [1.82, 2.24) is 4.90 Å². The zero-order chi connectivity index (χ0) is 18.8. The third-order valence-corrected chi connectivity index (χ3v) is 4.80. The van der Waals surface area contributed by atoms with E-state index in [4.69, 9.17) is 21.1 Å². The van der Waals surface area contributed by atoms with E-state index in [2.05, 4.69) is 0 Å². The Bertz CT molecular complexity index is 650. The van der Waals surface area contributed by atoms with Crippen molar-refractivity contribution in [3.8, 4) is 0 Å². The van der Waals surface area contributed by atoms with Gasteiger partial charge in [0, 0.05) is 5.88 Å². The number of amides is 2. The van der Waals surface area contributed by atoms with Crippen molar-refractivity contribution in [3.63, 3.8) is 0 Å². The molecule has 0 saturated carbocycles. The first-order valence-electron chi connectivity index (χ1n) is 8.28. The molecule has 3 rings (SSSR count). The smallest absolute Gasteiger partial charge is 0.262 e. The summed E-state index contributed by atoms with van der Waals surface area (Å²) in [6.07, 6.45) is -4.83. The molecular formula is C17H20ClNO7. The monoisotopic (exact) mass is 385 g/mol. The van der Waals surface area contributed by atoms with E-state index in [9.17, 15) is 24.9 Å². The van der Waals surface area contributed by atoms with E-state index in [1.165, 1.54) is 12.1 Å². The minimum absolute atomic E-state index is 0.162. The van der Waals surface area contributed by atoms with Gasteiger partial charge < -0.3 is 24.8 Å². The van der Waals surface area contributed by atoms with Crippen molar-refractivity contribution < 1.29 is 34.4 Å². The zero-order valence-electron chi connectivity index (χ0n) is 13.8. The number of fused-ring (bicyclic) bond motifs is 1. The minimum Gasteiger partial charge on any atom is -0.394 e. The SMILES string of the molecule is O=C1c2ccccc2C(=O)N1C1[C@H](OCCCCl)OC(CO)[C@@H](O)[C@@H]1O. The van der Waals surface area contributed by atoms with Crippen molar-refractivity contribution in [2.75, 3.05) is 19.1 Å². The number of aliphatic hydroxyl groups excluding tert-OH is 3. The minimum atomic E-state index is -1.54. The van der Waals surface area contributed by atoms with Crippen LogP contribution in [-0.2, 0) is 9.47 Å². The van der Waals surface area contributed by atoms with Gasteiger partial charge in [0.25, 0.3) is 11.8 Å². The lowest BCUT2D eigenvalue weighted by Crippen LogP contribution is -2.65. The van der Waals surface area contributed by atoms with Crippen LogP contribution in [0.2, 0.25) is 0 Å². The van der Waals surface area contributed by atoms with Crippen molar-refractivity contribution in [2.24, 2.45) is 0 Å². The standard InChI is InChI=1S/C17H20ClNO7/c18-6-3-7-25-17-12(14(22)13(21)11(8-20)26-17)19-15(23)9-4-1-2-5-10(9)16(19)24/h1-2,4-5,11-14,17,20-22H,3,6-8H2/t11?,12?,13-,14-,17-/m1/s1. The molecule has 1 saturated heterocycles. The number of halogens is 1. The number of aliphatic hydroxyl groups is 3. The van der Waals surface area contributed by atoms with Gasteiger partial charge in [0.2, 0.25) is 0 Å². The van der Waals surface area contributed by atoms with Crippen LogP contribution in [-0.4, -0.2) is 81.8 Å². The normalized spacial score (nSPS) is 31.4. The summed E-state index contributed by atoms with van der Waals surface area (Å²) in [6, 6.07) is 5.04. The summed E-state index contributed by atoms with van der Waals surface area (Å²) in [7, 11) is 0. The van der Waals surface area contributed by atoms with Gasteiger partial charge in [-0.1, -0.05) is 12.1 Å². The Morgan fingerprint density at radius 2 is 1.73 bits per heavy atom. The van der Waals surface area contributed by atoms with Crippen LogP contribution in [0.1, 0.15) is 27.1 Å². The molecule has 2 heterocycles. The lowest BCUT2D eigenvalue weighted by atomic mass is 9.95. The summed E-state index contributed by atoms with van der Waals surface area (Å²) in [5.74, 6) is -0.864. The molecule has 0 aromatic heterocycles. The van der Waals surface area contributed by atoms with Gasteiger partial charge in [0.1, 0.15) is 24.4 Å². The second-order valence-corrected chi connectivity index (χ2v) is 6.51. The van der Waals surface area contributed by atoms with Gasteiger partial charge in [-0.15, -0.1) is 11.6 Å². The second-order valence-electron chi connectivity index (χ2n) is 6.14. The summed E-state index contributed by atoms with van der Waals surface area (Å²) in [5, 5.41) is 30.1. The van der Waals surface area contributed by atoms with Gasteiger partial charge in [-0.2, -0.15) is 0 Å². The number of carbonyl (C=O) groups is 2. The van der Waals surface area contributed by atoms with E-state index in [0.717, 1.165) is 4.90 Å². The molecule has 9 heteroatoms. The van der Waals surface area contributed by atoms with Crippen LogP contribution < -0.4 is 0 Å². The summed E-state index contributed by atoms with van der Waals surface area (Å²) >= 11 is 5.63. The molecular weight excluding hydrogens is 366 g/mol. The van der Waals surface area contributed by atoms with E-state index >= 15 is 0 Å². The highest BCUT2D eigenvalue weighted by atomic mass is 35.5. The van der Waals surface area contributed by atoms with E-state index < -0.39 is 49.1 Å². The van der Waals surface area contributed by atoms with Crippen LogP contribution in [0, 0.1) is 0 Å². The third-order valence-electron chi connectivity index (χ3n) is 4.53. The number of nitrogens with zero attached hydrogens (tertiary/aromatic N) is 1. The number of ether oxygens (including phenoxy) is 2. The molecule has 0 aliphatic carbocycles. The average Bonchev–Trinajstić information content (AvgIpc) is 2.90. The number of rotatable bonds is 6. The Morgan fingerprint density at radius 3 is 2.27 bits per heavy atom. The molecule has 1 aromatic carbocycles. The molecule has 0 bridgehead atoms. The first-order chi connectivity index (χ1) is 12.5. The van der Waals surface area contributed by atoms with Crippen LogP contribution in [0.15, 0.2) is 24.3 Å². The van der Waals surface area contributed by atoms with E-state index in [0.29, 0.717) is 12.3 Å². The molecule has 2 aliphatic rings. The molecule has 5 atom stereocenters. The summed E-state index contributed by atoms with van der Waals surface area (Å²) in [4.78, 5) is 26.3. The predicted octanol–water partition coefficient (Wildman–Crippen LogP) is -0.264. The van der Waals surface area contributed by atoms with Crippen LogP contribution >= 0.6 is 11.6 Å². The van der Waals surface area contributed by atoms with Gasteiger partial charge >= 0.3 is 0 Å². The summed E-state index contributed by atoms with van der Waals surface area (Å²) in [5.41, 5.74) is 0.422. The highest BCUT2D eigenvalue weighted by Gasteiger charge is 2.53. The number of carbonyl (C=O) groups excluding carboxylic acids is 2. The molecule has 8 nitrogen and oxygen atoms in total. The lowest BCUT2D eigenvalue weighted by molar-refractivity contribution is -0.279. The molecule has 3 N–H and O–H groups in total. The third kappa shape index (κ3) is 3.24. The maximum atomic E-state index is 12.7. The number of benzene rings is 1. The number of alkyl halides is 1. The molecule has 1 aromatic rings. The van der Waals surface area contributed by atoms with Crippen molar-refractivity contribution >= 4 is 23.4 Å². The zero-order valence-corrected chi connectivity index (χ0v) is 14.6. The lowest BCUT2D eigenvalue weighted by Gasteiger charge is -2.44. The molecule has 142 valence electrons. The van der Waals surface area contributed by atoms with Gasteiger partial charge in [0.15, 0.2) is 6.29 Å². The molecule has 2 unspecified atom stereocenters.